The van der Waals surface area contributed by atoms with Gasteiger partial charge in [0.2, 0.25) is 0 Å². The van der Waals surface area contributed by atoms with E-state index < -0.39 is 17.6 Å². The zero-order valence-electron chi connectivity index (χ0n) is 15.0. The normalized spacial score (nSPS) is 12.5. The molecule has 0 aliphatic heterocycles. The highest BCUT2D eigenvalue weighted by Gasteiger charge is 2.31. The minimum atomic E-state index is -4.50. The summed E-state index contributed by atoms with van der Waals surface area (Å²) in [6, 6.07) is 10.4. The molecule has 2 aromatic rings. The van der Waals surface area contributed by atoms with Gasteiger partial charge in [0.25, 0.3) is 5.91 Å². The van der Waals surface area contributed by atoms with Crippen LogP contribution in [-0.4, -0.2) is 26.1 Å². The number of hydrogen-bond acceptors (Lipinski definition) is 2. The molecule has 0 aliphatic carbocycles. The van der Waals surface area contributed by atoms with Gasteiger partial charge in [-0.25, -0.2) is 0 Å². The van der Waals surface area contributed by atoms with Gasteiger partial charge in [0.15, 0.2) is 6.54 Å². The standard InChI is InChI=1S/C19H20ClF3N2O2/c1-3-27-15-7-4-13(5-8-15)11-25(2)12-18(26)24-17-10-14(19(21,22)23)6-9-16(17)20/h4-10H,3,11-12H2,1-2H3,(H,24,26)/p+1. The lowest BCUT2D eigenvalue weighted by molar-refractivity contribution is -0.885. The van der Waals surface area contributed by atoms with Crippen molar-refractivity contribution in [1.29, 1.82) is 0 Å². The van der Waals surface area contributed by atoms with Crippen molar-refractivity contribution in [3.8, 4) is 5.75 Å². The highest BCUT2D eigenvalue weighted by atomic mass is 35.5. The van der Waals surface area contributed by atoms with Crippen LogP contribution in [0.1, 0.15) is 18.1 Å². The lowest BCUT2D eigenvalue weighted by atomic mass is 10.2. The molecule has 0 fully saturated rings. The first kappa shape index (κ1) is 21.1. The van der Waals surface area contributed by atoms with Crippen LogP contribution in [0.15, 0.2) is 42.5 Å². The van der Waals surface area contributed by atoms with Crippen LogP contribution < -0.4 is 15.0 Å². The van der Waals surface area contributed by atoms with Gasteiger partial charge in [-0.3, -0.25) is 4.79 Å². The van der Waals surface area contributed by atoms with E-state index >= 15 is 0 Å². The van der Waals surface area contributed by atoms with E-state index in [1.54, 1.807) is 0 Å². The summed E-state index contributed by atoms with van der Waals surface area (Å²) >= 11 is 5.90. The summed E-state index contributed by atoms with van der Waals surface area (Å²) in [7, 11) is 1.82. The highest BCUT2D eigenvalue weighted by Crippen LogP contribution is 2.33. The maximum atomic E-state index is 12.8. The third kappa shape index (κ3) is 6.45. The summed E-state index contributed by atoms with van der Waals surface area (Å²) in [5.74, 6) is 0.357. The number of benzene rings is 2. The predicted molar refractivity (Wildman–Crippen MR) is 98.2 cm³/mol. The van der Waals surface area contributed by atoms with Crippen molar-refractivity contribution in [3.63, 3.8) is 0 Å². The summed E-state index contributed by atoms with van der Waals surface area (Å²) in [4.78, 5) is 13.0. The molecular weight excluding hydrogens is 381 g/mol. The number of carbonyl (C=O) groups is 1. The summed E-state index contributed by atoms with van der Waals surface area (Å²) in [5.41, 5.74) is 0.100. The monoisotopic (exact) mass is 401 g/mol. The Labute approximate surface area is 160 Å². The molecular formula is C19H21ClF3N2O2+. The second-order valence-corrected chi connectivity index (χ2v) is 6.54. The number of anilines is 1. The molecule has 0 radical (unpaired) electrons. The van der Waals surface area contributed by atoms with Crippen molar-refractivity contribution < 1.29 is 27.6 Å². The second-order valence-electron chi connectivity index (χ2n) is 6.13. The Morgan fingerprint density at radius 1 is 1.19 bits per heavy atom. The molecule has 1 unspecified atom stereocenters. The maximum Gasteiger partial charge on any atom is 0.416 e. The Morgan fingerprint density at radius 3 is 2.44 bits per heavy atom. The Morgan fingerprint density at radius 2 is 1.85 bits per heavy atom. The van der Waals surface area contributed by atoms with Gasteiger partial charge in [-0.15, -0.1) is 0 Å². The molecule has 2 N–H and O–H groups in total. The van der Waals surface area contributed by atoms with Crippen molar-refractivity contribution in [3.05, 3.63) is 58.6 Å². The third-order valence-corrected chi connectivity index (χ3v) is 4.10. The Kier molecular flexibility index (Phi) is 7.10. The molecule has 2 aromatic carbocycles. The first-order chi connectivity index (χ1) is 12.7. The number of amides is 1. The average Bonchev–Trinajstić information content (AvgIpc) is 2.57. The molecule has 1 atom stereocenters. The van der Waals surface area contributed by atoms with E-state index in [1.165, 1.54) is 0 Å². The van der Waals surface area contributed by atoms with Gasteiger partial charge < -0.3 is 15.0 Å². The van der Waals surface area contributed by atoms with Gasteiger partial charge in [0, 0.05) is 5.56 Å². The lowest BCUT2D eigenvalue weighted by Crippen LogP contribution is -3.08. The molecule has 4 nitrogen and oxygen atoms in total. The van der Waals surface area contributed by atoms with Gasteiger partial charge in [0.1, 0.15) is 12.3 Å². The molecule has 0 aliphatic rings. The molecule has 146 valence electrons. The molecule has 0 saturated heterocycles. The van der Waals surface area contributed by atoms with Crippen molar-refractivity contribution >= 4 is 23.2 Å². The van der Waals surface area contributed by atoms with Crippen LogP contribution in [0.25, 0.3) is 0 Å². The van der Waals surface area contributed by atoms with E-state index in [-0.39, 0.29) is 17.3 Å². The summed E-state index contributed by atoms with van der Waals surface area (Å²) in [6.07, 6.45) is -4.50. The minimum absolute atomic E-state index is 0.0506. The number of quaternary nitrogens is 1. The molecule has 0 heterocycles. The lowest BCUT2D eigenvalue weighted by Gasteiger charge is -2.15. The summed E-state index contributed by atoms with van der Waals surface area (Å²) in [5, 5.41) is 2.51. The average molecular weight is 402 g/mol. The summed E-state index contributed by atoms with van der Waals surface area (Å²) in [6.45, 7) is 3.15. The SMILES string of the molecule is CCOc1ccc(C[NH+](C)CC(=O)Nc2cc(C(F)(F)F)ccc2Cl)cc1. The van der Waals surface area contributed by atoms with Crippen molar-refractivity contribution in [1.82, 2.24) is 0 Å². The van der Waals surface area contributed by atoms with Crippen molar-refractivity contribution in [2.24, 2.45) is 0 Å². The summed E-state index contributed by atoms with van der Waals surface area (Å²) < 4.78 is 43.8. The van der Waals surface area contributed by atoms with Crippen LogP contribution >= 0.6 is 11.6 Å². The molecule has 0 saturated carbocycles. The molecule has 2 rings (SSSR count). The largest absolute Gasteiger partial charge is 0.494 e. The number of nitrogens with one attached hydrogen (secondary N) is 2. The van der Waals surface area contributed by atoms with Gasteiger partial charge in [0.05, 0.1) is 29.9 Å². The Bertz CT molecular complexity index is 780. The predicted octanol–water partition coefficient (Wildman–Crippen LogP) is 3.41. The van der Waals surface area contributed by atoms with E-state index in [9.17, 15) is 18.0 Å². The number of carbonyl (C=O) groups excluding carboxylic acids is 1. The van der Waals surface area contributed by atoms with E-state index in [1.807, 2.05) is 38.2 Å². The topological polar surface area (TPSA) is 42.8 Å². The number of halogens is 4. The number of alkyl halides is 3. The molecule has 0 aromatic heterocycles. The Hall–Kier alpha value is -2.25. The molecule has 1 amide bonds. The molecule has 27 heavy (non-hydrogen) atoms. The van der Waals surface area contributed by atoms with Crippen LogP contribution in [0.4, 0.5) is 18.9 Å². The zero-order valence-corrected chi connectivity index (χ0v) is 15.7. The van der Waals surface area contributed by atoms with E-state index in [0.717, 1.165) is 34.4 Å². The quantitative estimate of drug-likeness (QED) is 0.746. The fourth-order valence-electron chi connectivity index (χ4n) is 2.55. The van der Waals surface area contributed by atoms with E-state index in [0.29, 0.717) is 13.2 Å². The highest BCUT2D eigenvalue weighted by molar-refractivity contribution is 6.33. The third-order valence-electron chi connectivity index (χ3n) is 3.77. The smallest absolute Gasteiger partial charge is 0.416 e. The van der Waals surface area contributed by atoms with Crippen molar-refractivity contribution in [2.45, 2.75) is 19.6 Å². The van der Waals surface area contributed by atoms with Crippen LogP contribution in [-0.2, 0) is 17.5 Å². The van der Waals surface area contributed by atoms with E-state index in [2.05, 4.69) is 5.32 Å². The molecule has 8 heteroatoms. The minimum Gasteiger partial charge on any atom is -0.494 e. The van der Waals surface area contributed by atoms with Crippen LogP contribution in [0.5, 0.6) is 5.75 Å². The number of rotatable bonds is 7. The molecule has 0 spiro atoms. The maximum absolute atomic E-state index is 12.8. The number of likely N-dealkylation sites (N-methyl/N-ethyl adjacent to an activating group) is 1. The Balaban J connectivity index is 1.95. The first-order valence-corrected chi connectivity index (χ1v) is 8.76. The van der Waals surface area contributed by atoms with Crippen LogP contribution in [0, 0.1) is 0 Å². The van der Waals surface area contributed by atoms with Crippen LogP contribution in [0.3, 0.4) is 0 Å². The van der Waals surface area contributed by atoms with Gasteiger partial charge in [-0.05, 0) is 49.4 Å². The fraction of sp³-hybridized carbons (Fsp3) is 0.316. The first-order valence-electron chi connectivity index (χ1n) is 8.38. The molecule has 0 bridgehead atoms. The fourth-order valence-corrected chi connectivity index (χ4v) is 2.71. The van der Waals surface area contributed by atoms with Gasteiger partial charge >= 0.3 is 6.18 Å². The van der Waals surface area contributed by atoms with E-state index in [4.69, 9.17) is 16.3 Å². The van der Waals surface area contributed by atoms with Crippen molar-refractivity contribution in [2.75, 3.05) is 25.5 Å². The number of hydrogen-bond donors (Lipinski definition) is 2. The van der Waals surface area contributed by atoms with Crippen LogP contribution in [0.2, 0.25) is 5.02 Å². The second kappa shape index (κ2) is 9.10. The number of ether oxygens (including phenoxy) is 1. The van der Waals surface area contributed by atoms with Gasteiger partial charge in [-0.2, -0.15) is 13.2 Å². The van der Waals surface area contributed by atoms with Gasteiger partial charge in [-0.1, -0.05) is 11.6 Å². The zero-order chi connectivity index (χ0) is 20.0.